The van der Waals surface area contributed by atoms with Crippen molar-refractivity contribution in [2.45, 2.75) is 12.6 Å². The van der Waals surface area contributed by atoms with E-state index in [0.717, 1.165) is 11.3 Å². The van der Waals surface area contributed by atoms with Gasteiger partial charge in [0, 0.05) is 0 Å². The molecule has 1 heterocycles. The second kappa shape index (κ2) is 6.22. The minimum Gasteiger partial charge on any atom is -0.481 e. The fourth-order valence-corrected chi connectivity index (χ4v) is 3.89. The predicted octanol–water partition coefficient (Wildman–Crippen LogP) is 3.14. The van der Waals surface area contributed by atoms with Crippen LogP contribution >= 0.6 is 18.9 Å². The monoisotopic (exact) mass is 312 g/mol. The van der Waals surface area contributed by atoms with Crippen LogP contribution in [0.5, 0.6) is 5.06 Å². The van der Waals surface area contributed by atoms with Crippen molar-refractivity contribution in [3.05, 3.63) is 52.9 Å². The van der Waals surface area contributed by atoms with E-state index in [1.807, 2.05) is 6.07 Å². The molecule has 0 radical (unpaired) electrons. The summed E-state index contributed by atoms with van der Waals surface area (Å²) in [6, 6.07) is 10.4. The molecule has 0 aliphatic heterocycles. The molecule has 2 rings (SSSR count). The SMILES string of the molecule is O=C(O)Cc1csc(OP(=O)(O)Cc2ccccc2)c1. The predicted molar refractivity (Wildman–Crippen MR) is 76.3 cm³/mol. The van der Waals surface area contributed by atoms with Gasteiger partial charge in [0.25, 0.3) is 0 Å². The molecule has 0 aliphatic carbocycles. The number of carboxylic acid groups (broad SMARTS) is 1. The summed E-state index contributed by atoms with van der Waals surface area (Å²) in [4.78, 5) is 20.4. The number of rotatable bonds is 6. The number of hydrogen-bond donors (Lipinski definition) is 2. The highest BCUT2D eigenvalue weighted by molar-refractivity contribution is 7.52. The van der Waals surface area contributed by atoms with Gasteiger partial charge in [-0.15, -0.1) is 11.3 Å². The molecule has 1 aromatic carbocycles. The number of hydrogen-bond acceptors (Lipinski definition) is 4. The van der Waals surface area contributed by atoms with Crippen LogP contribution in [0, 0.1) is 0 Å². The summed E-state index contributed by atoms with van der Waals surface area (Å²) in [6.07, 6.45) is -0.214. The molecule has 0 fully saturated rings. The van der Waals surface area contributed by atoms with Crippen molar-refractivity contribution in [2.24, 2.45) is 0 Å². The zero-order chi connectivity index (χ0) is 14.6. The van der Waals surface area contributed by atoms with E-state index in [2.05, 4.69) is 0 Å². The molecule has 0 saturated heterocycles. The van der Waals surface area contributed by atoms with Gasteiger partial charge in [-0.05, 0) is 22.6 Å². The third-order valence-corrected chi connectivity index (χ3v) is 4.67. The highest BCUT2D eigenvalue weighted by Gasteiger charge is 2.22. The zero-order valence-corrected chi connectivity index (χ0v) is 12.1. The van der Waals surface area contributed by atoms with E-state index in [0.29, 0.717) is 11.1 Å². The number of carbonyl (C=O) groups is 1. The summed E-state index contributed by atoms with van der Waals surface area (Å²) >= 11 is 1.11. The molecule has 1 unspecified atom stereocenters. The maximum absolute atomic E-state index is 12.0. The van der Waals surface area contributed by atoms with Gasteiger partial charge >= 0.3 is 13.6 Å². The topological polar surface area (TPSA) is 83.8 Å². The lowest BCUT2D eigenvalue weighted by Crippen LogP contribution is -1.98. The van der Waals surface area contributed by atoms with Gasteiger partial charge < -0.3 is 14.5 Å². The molecule has 0 amide bonds. The van der Waals surface area contributed by atoms with Crippen molar-refractivity contribution in [2.75, 3.05) is 0 Å². The Morgan fingerprint density at radius 3 is 2.60 bits per heavy atom. The van der Waals surface area contributed by atoms with E-state index >= 15 is 0 Å². The smallest absolute Gasteiger partial charge is 0.381 e. The summed E-state index contributed by atoms with van der Waals surface area (Å²) in [5, 5.41) is 10.5. The average Bonchev–Trinajstić information content (AvgIpc) is 2.75. The Morgan fingerprint density at radius 1 is 1.25 bits per heavy atom. The fourth-order valence-electron chi connectivity index (χ4n) is 1.66. The van der Waals surface area contributed by atoms with Crippen LogP contribution in [0.2, 0.25) is 0 Å². The number of aliphatic carboxylic acids is 1. The molecule has 5 nitrogen and oxygen atoms in total. The van der Waals surface area contributed by atoms with Crippen molar-refractivity contribution in [3.8, 4) is 5.06 Å². The first-order valence-corrected chi connectivity index (χ1v) is 8.43. The van der Waals surface area contributed by atoms with Crippen LogP contribution in [-0.4, -0.2) is 16.0 Å². The molecule has 106 valence electrons. The summed E-state index contributed by atoms with van der Waals surface area (Å²) < 4.78 is 17.1. The molecule has 1 aromatic heterocycles. The molecule has 20 heavy (non-hydrogen) atoms. The average molecular weight is 312 g/mol. The van der Waals surface area contributed by atoms with Gasteiger partial charge in [0.15, 0.2) is 5.06 Å². The van der Waals surface area contributed by atoms with Crippen molar-refractivity contribution in [3.63, 3.8) is 0 Å². The molecule has 2 N–H and O–H groups in total. The first-order chi connectivity index (χ1) is 9.44. The van der Waals surface area contributed by atoms with Crippen LogP contribution in [0.25, 0.3) is 0 Å². The van der Waals surface area contributed by atoms with Crippen LogP contribution in [-0.2, 0) is 21.9 Å². The maximum Gasteiger partial charge on any atom is 0.381 e. The van der Waals surface area contributed by atoms with E-state index in [1.54, 1.807) is 29.6 Å². The van der Waals surface area contributed by atoms with Gasteiger partial charge in [0.2, 0.25) is 0 Å². The first kappa shape index (κ1) is 14.8. The van der Waals surface area contributed by atoms with Crippen LogP contribution in [0.1, 0.15) is 11.1 Å². The molecule has 1 atom stereocenters. The summed E-state index contributed by atoms with van der Waals surface area (Å²) in [5.74, 6) is -0.953. The van der Waals surface area contributed by atoms with Crippen LogP contribution in [0.4, 0.5) is 0 Å². The second-order valence-electron chi connectivity index (χ2n) is 4.22. The first-order valence-electron chi connectivity index (χ1n) is 5.79. The largest absolute Gasteiger partial charge is 0.481 e. The zero-order valence-electron chi connectivity index (χ0n) is 10.4. The molecular formula is C13H13O5PS. The van der Waals surface area contributed by atoms with Gasteiger partial charge in [-0.25, -0.2) is 4.57 Å². The van der Waals surface area contributed by atoms with E-state index in [1.165, 1.54) is 6.07 Å². The van der Waals surface area contributed by atoms with Crippen molar-refractivity contribution in [1.82, 2.24) is 0 Å². The maximum atomic E-state index is 12.0. The molecule has 7 heteroatoms. The number of thiophene rings is 1. The van der Waals surface area contributed by atoms with Gasteiger partial charge in [-0.2, -0.15) is 0 Å². The Kier molecular flexibility index (Phi) is 4.60. The Bertz CT molecular complexity index is 637. The molecule has 0 saturated carbocycles. The van der Waals surface area contributed by atoms with Crippen molar-refractivity contribution in [1.29, 1.82) is 0 Å². The molecular weight excluding hydrogens is 299 g/mol. The third-order valence-electron chi connectivity index (χ3n) is 2.44. The summed E-state index contributed by atoms with van der Waals surface area (Å²) in [5.41, 5.74) is 1.26. The Hall–Kier alpha value is -1.62. The van der Waals surface area contributed by atoms with Crippen LogP contribution in [0.3, 0.4) is 0 Å². The van der Waals surface area contributed by atoms with E-state index in [9.17, 15) is 14.3 Å². The Labute approximate surface area is 120 Å². The fraction of sp³-hybridized carbons (Fsp3) is 0.154. The van der Waals surface area contributed by atoms with Crippen LogP contribution in [0.15, 0.2) is 41.8 Å². The normalized spacial score (nSPS) is 13.7. The molecule has 0 aliphatic rings. The Morgan fingerprint density at radius 2 is 1.95 bits per heavy atom. The van der Waals surface area contributed by atoms with Crippen molar-refractivity contribution < 1.29 is 23.9 Å². The number of benzene rings is 1. The van der Waals surface area contributed by atoms with E-state index in [4.69, 9.17) is 9.63 Å². The van der Waals surface area contributed by atoms with Gasteiger partial charge in [-0.3, -0.25) is 4.79 Å². The molecule has 0 bridgehead atoms. The molecule has 2 aromatic rings. The lowest BCUT2D eigenvalue weighted by Gasteiger charge is -2.11. The number of carboxylic acids is 1. The summed E-state index contributed by atoms with van der Waals surface area (Å²) in [6.45, 7) is 0. The second-order valence-corrected chi connectivity index (χ2v) is 6.86. The van der Waals surface area contributed by atoms with Gasteiger partial charge in [-0.1, -0.05) is 30.3 Å². The van der Waals surface area contributed by atoms with Crippen LogP contribution < -0.4 is 4.52 Å². The Balaban J connectivity index is 2.02. The van der Waals surface area contributed by atoms with Gasteiger partial charge in [0.05, 0.1) is 12.6 Å². The molecule has 0 spiro atoms. The van der Waals surface area contributed by atoms with E-state index < -0.39 is 13.6 Å². The van der Waals surface area contributed by atoms with Crippen molar-refractivity contribution >= 4 is 24.9 Å². The minimum absolute atomic E-state index is 0.0833. The standard InChI is InChI=1S/C13H13O5PS/c14-12(15)6-11-7-13(20-9-11)18-19(16,17)8-10-4-2-1-3-5-10/h1-5,7,9H,6,8H2,(H,14,15)(H,16,17). The van der Waals surface area contributed by atoms with E-state index in [-0.39, 0.29) is 17.6 Å². The lowest BCUT2D eigenvalue weighted by molar-refractivity contribution is -0.136. The lowest BCUT2D eigenvalue weighted by atomic mass is 10.2. The quantitative estimate of drug-likeness (QED) is 0.801. The minimum atomic E-state index is -3.79. The van der Waals surface area contributed by atoms with Gasteiger partial charge in [0.1, 0.15) is 0 Å². The highest BCUT2D eigenvalue weighted by atomic mass is 32.1. The third kappa shape index (κ3) is 4.49. The summed E-state index contributed by atoms with van der Waals surface area (Å²) in [7, 11) is -3.79. The highest BCUT2D eigenvalue weighted by Crippen LogP contribution is 2.47.